The van der Waals surface area contributed by atoms with Gasteiger partial charge in [0.05, 0.1) is 35.4 Å². The van der Waals surface area contributed by atoms with Crippen molar-refractivity contribution in [1.29, 1.82) is 0 Å². The number of aryl methyl sites for hydroxylation is 1. The first-order valence-electron chi connectivity index (χ1n) is 15.5. The first-order valence-corrected chi connectivity index (χ1v) is 16.2. The molecule has 2 atom stereocenters. The summed E-state index contributed by atoms with van der Waals surface area (Å²) in [6.07, 6.45) is 11.5. The molecule has 2 amide bonds. The Morgan fingerprint density at radius 1 is 1.07 bits per heavy atom. The van der Waals surface area contributed by atoms with Crippen LogP contribution in [0.25, 0.3) is 22.4 Å². The van der Waals surface area contributed by atoms with E-state index in [0.717, 1.165) is 59.6 Å². The molecule has 2 aromatic heterocycles. The molecule has 2 heterocycles. The second-order valence-corrected chi connectivity index (χ2v) is 12.0. The molecule has 2 aromatic carbocycles. The molecule has 11 heteroatoms. The van der Waals surface area contributed by atoms with Gasteiger partial charge in [0.2, 0.25) is 0 Å². The monoisotopic (exact) mass is 666 g/mol. The Hall–Kier alpha value is -3.92. The van der Waals surface area contributed by atoms with Crippen LogP contribution in [0.1, 0.15) is 74.1 Å². The topological polar surface area (TPSA) is 130 Å². The van der Waals surface area contributed by atoms with E-state index in [0.29, 0.717) is 39.7 Å². The van der Waals surface area contributed by atoms with E-state index in [1.54, 1.807) is 30.6 Å². The van der Waals surface area contributed by atoms with Crippen LogP contribution in [0.4, 0.5) is 10.5 Å². The lowest BCUT2D eigenvalue weighted by molar-refractivity contribution is 0.00138. The van der Waals surface area contributed by atoms with Gasteiger partial charge in [-0.2, -0.15) is 0 Å². The van der Waals surface area contributed by atoms with Crippen LogP contribution >= 0.6 is 23.2 Å². The van der Waals surface area contributed by atoms with Gasteiger partial charge in [-0.25, -0.2) is 9.59 Å². The second-order valence-electron chi connectivity index (χ2n) is 11.2. The van der Waals surface area contributed by atoms with Crippen molar-refractivity contribution in [2.24, 2.45) is 11.7 Å². The van der Waals surface area contributed by atoms with Gasteiger partial charge in [0.1, 0.15) is 11.5 Å². The molecule has 1 saturated carbocycles. The largest absolute Gasteiger partial charge is 0.465 e. The van der Waals surface area contributed by atoms with E-state index in [-0.39, 0.29) is 0 Å². The molecule has 0 bridgehead atoms. The van der Waals surface area contributed by atoms with Crippen molar-refractivity contribution in [3.8, 4) is 22.4 Å². The third-order valence-electron chi connectivity index (χ3n) is 7.94. The molecular weight excluding hydrogens is 627 g/mol. The van der Waals surface area contributed by atoms with Crippen molar-refractivity contribution >= 4 is 40.9 Å². The first kappa shape index (κ1) is 34.9. The predicted octanol–water partition coefficient (Wildman–Crippen LogP) is 9.11. The smallest absolute Gasteiger partial charge is 0.337 e. The number of nitrogens with one attached hydrogen (secondary N) is 1. The van der Waals surface area contributed by atoms with Crippen LogP contribution in [0, 0.1) is 5.92 Å². The van der Waals surface area contributed by atoms with Gasteiger partial charge in [0, 0.05) is 41.2 Å². The van der Waals surface area contributed by atoms with E-state index in [2.05, 4.69) is 34.0 Å². The maximum atomic E-state index is 11.7. The molecular formula is C35H40Cl2N4O5. The molecule has 244 valence electrons. The Labute approximate surface area is 279 Å². The number of nitrogens with zero attached hydrogens (tertiary/aromatic N) is 2. The molecule has 1 aliphatic rings. The minimum absolute atomic E-state index is 0.313. The van der Waals surface area contributed by atoms with Gasteiger partial charge in [-0.05, 0) is 67.1 Å². The zero-order valence-corrected chi connectivity index (χ0v) is 27.9. The maximum Gasteiger partial charge on any atom is 0.337 e. The summed E-state index contributed by atoms with van der Waals surface area (Å²) in [6.45, 7) is 4.89. The molecule has 3 N–H and O–H groups in total. The fraction of sp³-hybridized carbons (Fsp3) is 0.371. The van der Waals surface area contributed by atoms with Crippen LogP contribution in [0.3, 0.4) is 0 Å². The fourth-order valence-electron chi connectivity index (χ4n) is 5.58. The number of anilines is 1. The number of ether oxygens (including phenoxy) is 2. The lowest BCUT2D eigenvalue weighted by Gasteiger charge is -2.28. The van der Waals surface area contributed by atoms with Gasteiger partial charge in [-0.1, -0.05) is 73.6 Å². The number of rotatable bonds is 10. The number of halogens is 2. The summed E-state index contributed by atoms with van der Waals surface area (Å²) in [5, 5.41) is 7.91. The van der Waals surface area contributed by atoms with E-state index in [9.17, 15) is 9.59 Å². The van der Waals surface area contributed by atoms with Gasteiger partial charge in [0.25, 0.3) is 0 Å². The van der Waals surface area contributed by atoms with Gasteiger partial charge in [-0.3, -0.25) is 4.98 Å². The minimum Gasteiger partial charge on any atom is -0.465 e. The van der Waals surface area contributed by atoms with E-state index in [4.69, 9.17) is 38.2 Å². The molecule has 0 aliphatic heterocycles. The Bertz CT molecular complexity index is 1590. The summed E-state index contributed by atoms with van der Waals surface area (Å²) in [4.78, 5) is 26.6. The molecule has 2 unspecified atom stereocenters. The van der Waals surface area contributed by atoms with Crippen molar-refractivity contribution < 1.29 is 23.6 Å². The van der Waals surface area contributed by atoms with E-state index >= 15 is 0 Å². The third-order valence-corrected chi connectivity index (χ3v) is 8.57. The molecule has 1 aliphatic carbocycles. The van der Waals surface area contributed by atoms with E-state index in [1.165, 1.54) is 32.4 Å². The number of amides is 2. The number of pyridine rings is 1. The van der Waals surface area contributed by atoms with Crippen molar-refractivity contribution in [1.82, 2.24) is 10.1 Å². The highest BCUT2D eigenvalue weighted by atomic mass is 35.5. The molecule has 46 heavy (non-hydrogen) atoms. The number of carbonyl (C=O) groups is 2. The van der Waals surface area contributed by atoms with Crippen LogP contribution in [0.5, 0.6) is 0 Å². The van der Waals surface area contributed by atoms with Crippen LogP contribution in [-0.4, -0.2) is 35.4 Å². The number of hydrogen-bond donors (Lipinski definition) is 2. The number of nitrogens with two attached hydrogens (primary N) is 1. The SMILES string of the molecule is CCCc1onc(-c2c(Cl)cccc2Cl)c1COC1CCCC(CC)C1.COC(=O)c1cc(NC(N)=O)cc(-c2cccnc2)c1. The zero-order valence-electron chi connectivity index (χ0n) is 26.4. The lowest BCUT2D eigenvalue weighted by Crippen LogP contribution is -2.22. The number of benzene rings is 2. The highest BCUT2D eigenvalue weighted by molar-refractivity contribution is 6.39. The Kier molecular flexibility index (Phi) is 13.0. The molecule has 1 fully saturated rings. The van der Waals surface area contributed by atoms with E-state index < -0.39 is 12.0 Å². The maximum absolute atomic E-state index is 11.7. The fourth-order valence-corrected chi connectivity index (χ4v) is 6.16. The third kappa shape index (κ3) is 9.31. The summed E-state index contributed by atoms with van der Waals surface area (Å²) in [6, 6.07) is 13.3. The average molecular weight is 668 g/mol. The predicted molar refractivity (Wildman–Crippen MR) is 181 cm³/mol. The van der Waals surface area contributed by atoms with Crippen molar-refractivity contribution in [3.05, 3.63) is 87.9 Å². The lowest BCUT2D eigenvalue weighted by atomic mass is 9.85. The number of aromatic nitrogens is 2. The Morgan fingerprint density at radius 2 is 1.85 bits per heavy atom. The zero-order chi connectivity index (χ0) is 33.1. The van der Waals surface area contributed by atoms with Crippen LogP contribution in [0.2, 0.25) is 10.0 Å². The summed E-state index contributed by atoms with van der Waals surface area (Å²) in [7, 11) is 1.29. The molecule has 9 nitrogen and oxygen atoms in total. The van der Waals surface area contributed by atoms with Gasteiger partial charge >= 0.3 is 12.0 Å². The molecule has 0 saturated heterocycles. The summed E-state index contributed by atoms with van der Waals surface area (Å²) < 4.78 is 16.6. The normalized spacial score (nSPS) is 15.8. The van der Waals surface area contributed by atoms with Crippen molar-refractivity contribution in [3.63, 3.8) is 0 Å². The quantitative estimate of drug-likeness (QED) is 0.161. The second kappa shape index (κ2) is 17.1. The first-order chi connectivity index (χ1) is 22.2. The van der Waals surface area contributed by atoms with E-state index in [1.807, 2.05) is 24.3 Å². The van der Waals surface area contributed by atoms with Crippen molar-refractivity contribution in [2.75, 3.05) is 12.4 Å². The number of esters is 1. The van der Waals surface area contributed by atoms with Crippen LogP contribution in [-0.2, 0) is 22.5 Å². The highest BCUT2D eigenvalue weighted by Crippen LogP contribution is 2.38. The number of hydrogen-bond acceptors (Lipinski definition) is 7. The standard InChI is InChI=1S/C21H27Cl2NO2.C14H13N3O3/c1-3-7-19-16(13-25-15-9-5-8-14(4-2)12-15)21(24-26-19)20-17(22)10-6-11-18(20)23;1-20-13(18)11-5-10(9-3-2-4-16-8-9)6-12(7-11)17-14(15)19/h6,10-11,14-15H,3-5,7-9,12-13H2,1-2H3;2-8H,1H3,(H3,15,17,19). The number of primary amides is 1. The number of urea groups is 1. The van der Waals surface area contributed by atoms with Crippen LogP contribution < -0.4 is 11.1 Å². The molecule has 4 aromatic rings. The summed E-state index contributed by atoms with van der Waals surface area (Å²) in [5.74, 6) is 1.16. The molecule has 0 spiro atoms. The molecule has 0 radical (unpaired) electrons. The number of carbonyl (C=O) groups excluding carboxylic acids is 2. The highest BCUT2D eigenvalue weighted by Gasteiger charge is 2.25. The Balaban J connectivity index is 0.000000216. The van der Waals surface area contributed by atoms with Gasteiger partial charge in [0.15, 0.2) is 0 Å². The van der Waals surface area contributed by atoms with Gasteiger partial charge in [-0.15, -0.1) is 0 Å². The summed E-state index contributed by atoms with van der Waals surface area (Å²) in [5.41, 5.74) is 9.80. The average Bonchev–Trinajstić information content (AvgIpc) is 3.45. The Morgan fingerprint density at radius 3 is 2.50 bits per heavy atom. The molecule has 5 rings (SSSR count). The van der Waals surface area contributed by atoms with Gasteiger partial charge < -0.3 is 25.0 Å². The number of methoxy groups -OCH3 is 1. The summed E-state index contributed by atoms with van der Waals surface area (Å²) >= 11 is 12.8. The minimum atomic E-state index is -0.704. The van der Waals surface area contributed by atoms with Crippen LogP contribution in [0.15, 0.2) is 65.4 Å². The van der Waals surface area contributed by atoms with Crippen molar-refractivity contribution in [2.45, 2.75) is 71.5 Å².